The average molecular weight is 554 g/mol. The molecule has 0 aliphatic carbocycles. The van der Waals surface area contributed by atoms with E-state index in [9.17, 15) is 0 Å². The van der Waals surface area contributed by atoms with Crippen LogP contribution < -0.4 is 20.1 Å². The lowest BCUT2D eigenvalue weighted by molar-refractivity contribution is 0.109. The molecule has 1 aliphatic rings. The third-order valence-electron chi connectivity index (χ3n) is 4.58. The lowest BCUT2D eigenvalue weighted by atomic mass is 10.2. The largest absolute Gasteiger partial charge is 0.490 e. The Morgan fingerprint density at radius 3 is 2.78 bits per heavy atom. The van der Waals surface area contributed by atoms with Crippen molar-refractivity contribution in [2.45, 2.75) is 33.1 Å². The van der Waals surface area contributed by atoms with Crippen LogP contribution in [0.1, 0.15) is 32.4 Å². The highest BCUT2D eigenvalue weighted by molar-refractivity contribution is 14.0. The number of aromatic nitrogens is 1. The summed E-state index contributed by atoms with van der Waals surface area (Å²) >= 11 is 0. The van der Waals surface area contributed by atoms with E-state index in [1.165, 1.54) is 0 Å². The topological polar surface area (TPSA) is 77.0 Å². The van der Waals surface area contributed by atoms with Crippen molar-refractivity contribution in [3.63, 3.8) is 0 Å². The van der Waals surface area contributed by atoms with Gasteiger partial charge < -0.3 is 24.8 Å². The molecule has 0 radical (unpaired) electrons. The summed E-state index contributed by atoms with van der Waals surface area (Å²) in [6.07, 6.45) is 4.40. The maximum atomic E-state index is 5.80. The minimum atomic E-state index is 0. The maximum Gasteiger partial charge on any atom is 0.195 e. The Morgan fingerprint density at radius 1 is 1.16 bits per heavy atom. The SMILES string of the molecule is CC(C)COCCCN=C(NCCc1ccccn1)Nc1ccc2c(c1)OCCCO2.I. The summed E-state index contributed by atoms with van der Waals surface area (Å²) in [5, 5.41) is 6.79. The summed E-state index contributed by atoms with van der Waals surface area (Å²) in [4.78, 5) is 9.10. The molecule has 7 nitrogen and oxygen atoms in total. The number of hydrogen-bond donors (Lipinski definition) is 2. The first kappa shape index (κ1) is 26.2. The lowest BCUT2D eigenvalue weighted by Crippen LogP contribution is -2.33. The molecule has 3 rings (SSSR count). The van der Waals surface area contributed by atoms with E-state index in [0.717, 1.165) is 61.3 Å². The Balaban J connectivity index is 0.00000363. The predicted octanol–water partition coefficient (Wildman–Crippen LogP) is 4.52. The molecule has 0 unspecified atom stereocenters. The normalized spacial score (nSPS) is 13.3. The van der Waals surface area contributed by atoms with Crippen molar-refractivity contribution in [2.75, 3.05) is 44.8 Å². The fourth-order valence-electron chi connectivity index (χ4n) is 3.05. The molecule has 2 N–H and O–H groups in total. The van der Waals surface area contributed by atoms with Crippen LogP contribution in [0.2, 0.25) is 0 Å². The number of hydrogen-bond acceptors (Lipinski definition) is 5. The van der Waals surface area contributed by atoms with Crippen molar-refractivity contribution in [3.05, 3.63) is 48.3 Å². The van der Waals surface area contributed by atoms with E-state index in [1.807, 2.05) is 42.6 Å². The van der Waals surface area contributed by atoms with Crippen molar-refractivity contribution in [1.29, 1.82) is 0 Å². The zero-order valence-corrected chi connectivity index (χ0v) is 21.3. The monoisotopic (exact) mass is 554 g/mol. The number of halogens is 1. The molecule has 0 saturated carbocycles. The fourth-order valence-corrected chi connectivity index (χ4v) is 3.05. The van der Waals surface area contributed by atoms with Crippen LogP contribution in [0, 0.1) is 5.92 Å². The fraction of sp³-hybridized carbons (Fsp3) is 0.500. The van der Waals surface area contributed by atoms with Gasteiger partial charge in [-0.3, -0.25) is 9.98 Å². The van der Waals surface area contributed by atoms with Crippen molar-refractivity contribution < 1.29 is 14.2 Å². The quantitative estimate of drug-likeness (QED) is 0.195. The van der Waals surface area contributed by atoms with Crippen LogP contribution in [0.3, 0.4) is 0 Å². The molecule has 2 aromatic rings. The molecule has 8 heteroatoms. The van der Waals surface area contributed by atoms with Crippen LogP contribution in [-0.4, -0.2) is 50.5 Å². The lowest BCUT2D eigenvalue weighted by Gasteiger charge is -2.15. The second kappa shape index (κ2) is 14.9. The number of guanidine groups is 1. The smallest absolute Gasteiger partial charge is 0.195 e. The summed E-state index contributed by atoms with van der Waals surface area (Å²) in [6, 6.07) is 11.8. The molecule has 1 aliphatic heterocycles. The van der Waals surface area contributed by atoms with Gasteiger partial charge >= 0.3 is 0 Å². The summed E-state index contributed by atoms with van der Waals surface area (Å²) in [5.41, 5.74) is 1.96. The number of fused-ring (bicyclic) bond motifs is 1. The Morgan fingerprint density at radius 2 is 2.00 bits per heavy atom. The molecule has 1 aromatic heterocycles. The molecule has 0 spiro atoms. The first-order chi connectivity index (χ1) is 15.2. The molecular formula is C24H35IN4O3. The van der Waals surface area contributed by atoms with E-state index in [-0.39, 0.29) is 24.0 Å². The molecule has 0 saturated heterocycles. The van der Waals surface area contributed by atoms with Crippen molar-refractivity contribution in [3.8, 4) is 11.5 Å². The molecule has 32 heavy (non-hydrogen) atoms. The second-order valence-corrected chi connectivity index (χ2v) is 7.89. The van der Waals surface area contributed by atoms with Crippen molar-refractivity contribution >= 4 is 35.6 Å². The summed E-state index contributed by atoms with van der Waals surface area (Å²) in [6.45, 7) is 8.57. The minimum Gasteiger partial charge on any atom is -0.490 e. The zero-order chi connectivity index (χ0) is 21.7. The number of ether oxygens (including phenoxy) is 3. The highest BCUT2D eigenvalue weighted by Crippen LogP contribution is 2.32. The summed E-state index contributed by atoms with van der Waals surface area (Å²) < 4.78 is 17.2. The van der Waals surface area contributed by atoms with Crippen LogP contribution in [0.25, 0.3) is 0 Å². The van der Waals surface area contributed by atoms with E-state index < -0.39 is 0 Å². The van der Waals surface area contributed by atoms with Crippen LogP contribution in [-0.2, 0) is 11.2 Å². The number of rotatable bonds is 10. The molecule has 2 heterocycles. The van der Waals surface area contributed by atoms with Gasteiger partial charge in [0.1, 0.15) is 0 Å². The Labute approximate surface area is 208 Å². The third-order valence-corrected chi connectivity index (χ3v) is 4.58. The maximum absolute atomic E-state index is 5.80. The second-order valence-electron chi connectivity index (χ2n) is 7.89. The van der Waals surface area contributed by atoms with Gasteiger partial charge in [-0.05, 0) is 36.6 Å². The van der Waals surface area contributed by atoms with Crippen LogP contribution in [0.15, 0.2) is 47.6 Å². The number of aliphatic imine (C=N–C) groups is 1. The van der Waals surface area contributed by atoms with Gasteiger partial charge in [0.25, 0.3) is 0 Å². The number of nitrogens with one attached hydrogen (secondary N) is 2. The molecule has 1 aromatic carbocycles. The number of pyridine rings is 1. The van der Waals surface area contributed by atoms with E-state index in [4.69, 9.17) is 19.2 Å². The number of nitrogens with zero attached hydrogens (tertiary/aromatic N) is 2. The zero-order valence-electron chi connectivity index (χ0n) is 19.0. The van der Waals surface area contributed by atoms with E-state index in [2.05, 4.69) is 29.5 Å². The van der Waals surface area contributed by atoms with Gasteiger partial charge in [0, 0.05) is 62.8 Å². The minimum absolute atomic E-state index is 0. The first-order valence-electron chi connectivity index (χ1n) is 11.1. The van der Waals surface area contributed by atoms with Gasteiger partial charge in [-0.2, -0.15) is 0 Å². The molecule has 0 amide bonds. The van der Waals surface area contributed by atoms with Crippen LogP contribution in [0.4, 0.5) is 5.69 Å². The summed E-state index contributed by atoms with van der Waals surface area (Å²) in [7, 11) is 0. The Hall–Kier alpha value is -2.07. The standard InChI is InChI=1S/C24H34N4O3.HI/c1-19(2)18-29-14-5-12-26-24(27-13-10-20-7-3-4-11-25-20)28-21-8-9-22-23(17-21)31-16-6-15-30-22;/h3-4,7-9,11,17,19H,5-6,10,12-16,18H2,1-2H3,(H2,26,27,28);1H. The highest BCUT2D eigenvalue weighted by Gasteiger charge is 2.11. The first-order valence-corrected chi connectivity index (χ1v) is 11.1. The number of anilines is 1. The highest BCUT2D eigenvalue weighted by atomic mass is 127. The molecule has 0 atom stereocenters. The predicted molar refractivity (Wildman–Crippen MR) is 140 cm³/mol. The number of benzene rings is 1. The summed E-state index contributed by atoms with van der Waals surface area (Å²) in [5.74, 6) is 2.83. The van der Waals surface area contributed by atoms with Gasteiger partial charge in [-0.25, -0.2) is 0 Å². The van der Waals surface area contributed by atoms with Gasteiger partial charge in [-0.15, -0.1) is 24.0 Å². The molecule has 0 fully saturated rings. The van der Waals surface area contributed by atoms with E-state index >= 15 is 0 Å². The van der Waals surface area contributed by atoms with Crippen molar-refractivity contribution in [2.24, 2.45) is 10.9 Å². The van der Waals surface area contributed by atoms with Crippen molar-refractivity contribution in [1.82, 2.24) is 10.3 Å². The van der Waals surface area contributed by atoms with E-state index in [1.54, 1.807) is 0 Å². The van der Waals surface area contributed by atoms with Crippen LogP contribution in [0.5, 0.6) is 11.5 Å². The molecule has 176 valence electrons. The van der Waals surface area contributed by atoms with Gasteiger partial charge in [0.05, 0.1) is 13.2 Å². The Kier molecular flexibility index (Phi) is 12.2. The van der Waals surface area contributed by atoms with Gasteiger partial charge in [0.2, 0.25) is 0 Å². The third kappa shape index (κ3) is 9.60. The molecular weight excluding hydrogens is 519 g/mol. The molecule has 0 bridgehead atoms. The van der Waals surface area contributed by atoms with Crippen LogP contribution >= 0.6 is 24.0 Å². The Bertz CT molecular complexity index is 818. The van der Waals surface area contributed by atoms with E-state index in [0.29, 0.717) is 32.3 Å². The average Bonchev–Trinajstić information content (AvgIpc) is 3.01. The van der Waals surface area contributed by atoms with Gasteiger partial charge in [-0.1, -0.05) is 19.9 Å². The van der Waals surface area contributed by atoms with Gasteiger partial charge in [0.15, 0.2) is 17.5 Å².